The first kappa shape index (κ1) is 17.8. The average molecular weight is 296 g/mol. The molecule has 0 aromatic rings. The first-order chi connectivity index (χ1) is 10.1. The number of likely N-dealkylation sites (tertiary alicyclic amines) is 1. The summed E-state index contributed by atoms with van der Waals surface area (Å²) in [6, 6.07) is 0. The van der Waals surface area contributed by atoms with Gasteiger partial charge in [0, 0.05) is 26.2 Å². The van der Waals surface area contributed by atoms with Gasteiger partial charge in [-0.25, -0.2) is 4.99 Å². The highest BCUT2D eigenvalue weighted by molar-refractivity contribution is 5.85. The van der Waals surface area contributed by atoms with Crippen molar-refractivity contribution < 1.29 is 4.79 Å². The van der Waals surface area contributed by atoms with E-state index in [0.717, 1.165) is 57.3 Å². The lowest BCUT2D eigenvalue weighted by Crippen LogP contribution is -2.39. The van der Waals surface area contributed by atoms with Gasteiger partial charge in [0.25, 0.3) is 0 Å². The summed E-state index contributed by atoms with van der Waals surface area (Å²) in [5.41, 5.74) is 0. The average Bonchev–Trinajstić information content (AvgIpc) is 2.97. The Bertz CT molecular complexity index is 322. The molecule has 2 N–H and O–H groups in total. The van der Waals surface area contributed by atoms with Gasteiger partial charge in [0.2, 0.25) is 5.91 Å². The molecule has 0 saturated carbocycles. The quantitative estimate of drug-likeness (QED) is 0.409. The van der Waals surface area contributed by atoms with Crippen LogP contribution in [-0.2, 0) is 4.79 Å². The number of guanidine groups is 1. The van der Waals surface area contributed by atoms with Crippen LogP contribution >= 0.6 is 0 Å². The molecule has 0 aliphatic carbocycles. The molecular weight excluding hydrogens is 264 g/mol. The standard InChI is InChI=1S/C16H32N4O/c1-4-17-16(18-10-6-5-9-14(2)3)19-13-15(21)20-11-7-8-12-20/h14H,4-13H2,1-3H3,(H2,17,18,19). The van der Waals surface area contributed by atoms with Gasteiger partial charge in [-0.05, 0) is 32.1 Å². The van der Waals surface area contributed by atoms with Crippen LogP contribution < -0.4 is 10.6 Å². The molecule has 1 rings (SSSR count). The van der Waals surface area contributed by atoms with E-state index in [1.54, 1.807) is 0 Å². The van der Waals surface area contributed by atoms with Crippen LogP contribution in [0.1, 0.15) is 52.9 Å². The number of unbranched alkanes of at least 4 members (excludes halogenated alkanes) is 1. The van der Waals surface area contributed by atoms with E-state index in [-0.39, 0.29) is 12.5 Å². The Hall–Kier alpha value is -1.26. The number of hydrogen-bond acceptors (Lipinski definition) is 2. The maximum Gasteiger partial charge on any atom is 0.244 e. The Morgan fingerprint density at radius 2 is 1.90 bits per heavy atom. The fourth-order valence-electron chi connectivity index (χ4n) is 2.44. The number of aliphatic imine (C=N–C) groups is 1. The van der Waals surface area contributed by atoms with Crippen LogP contribution in [0.15, 0.2) is 4.99 Å². The highest BCUT2D eigenvalue weighted by Crippen LogP contribution is 2.07. The van der Waals surface area contributed by atoms with Crippen LogP contribution in [0.2, 0.25) is 0 Å². The highest BCUT2D eigenvalue weighted by Gasteiger charge is 2.17. The van der Waals surface area contributed by atoms with Crippen LogP contribution in [0, 0.1) is 5.92 Å². The summed E-state index contributed by atoms with van der Waals surface area (Å²) >= 11 is 0. The topological polar surface area (TPSA) is 56.7 Å². The molecule has 21 heavy (non-hydrogen) atoms. The van der Waals surface area contributed by atoms with E-state index in [1.807, 2.05) is 11.8 Å². The Labute approximate surface area is 129 Å². The third-order valence-corrected chi connectivity index (χ3v) is 3.68. The van der Waals surface area contributed by atoms with Crippen molar-refractivity contribution in [2.24, 2.45) is 10.9 Å². The van der Waals surface area contributed by atoms with Crippen molar-refractivity contribution >= 4 is 11.9 Å². The number of rotatable bonds is 8. The van der Waals surface area contributed by atoms with Crippen molar-refractivity contribution in [3.63, 3.8) is 0 Å². The summed E-state index contributed by atoms with van der Waals surface area (Å²) in [5, 5.41) is 6.50. The third-order valence-electron chi connectivity index (χ3n) is 3.68. The number of carbonyl (C=O) groups is 1. The smallest absolute Gasteiger partial charge is 0.244 e. The predicted molar refractivity (Wildman–Crippen MR) is 88.5 cm³/mol. The molecule has 1 fully saturated rings. The molecule has 0 bridgehead atoms. The number of carbonyl (C=O) groups excluding carboxylic acids is 1. The van der Waals surface area contributed by atoms with Crippen molar-refractivity contribution in [2.45, 2.75) is 52.9 Å². The van der Waals surface area contributed by atoms with Gasteiger partial charge in [-0.1, -0.05) is 26.7 Å². The fraction of sp³-hybridized carbons (Fsp3) is 0.875. The zero-order valence-electron chi connectivity index (χ0n) is 14.0. The summed E-state index contributed by atoms with van der Waals surface area (Å²) in [7, 11) is 0. The summed E-state index contributed by atoms with van der Waals surface area (Å²) in [6.07, 6.45) is 5.90. The first-order valence-electron chi connectivity index (χ1n) is 8.43. The molecule has 0 aromatic heterocycles. The minimum absolute atomic E-state index is 0.143. The van der Waals surface area contributed by atoms with E-state index in [2.05, 4.69) is 29.5 Å². The van der Waals surface area contributed by atoms with Gasteiger partial charge < -0.3 is 15.5 Å². The molecule has 1 aliphatic heterocycles. The molecular formula is C16H32N4O. The Kier molecular flexibility index (Phi) is 8.87. The molecule has 5 nitrogen and oxygen atoms in total. The van der Waals surface area contributed by atoms with Crippen LogP contribution in [0.25, 0.3) is 0 Å². The molecule has 0 unspecified atom stereocenters. The van der Waals surface area contributed by atoms with Gasteiger partial charge in [0.05, 0.1) is 0 Å². The van der Waals surface area contributed by atoms with E-state index >= 15 is 0 Å². The largest absolute Gasteiger partial charge is 0.357 e. The fourth-order valence-corrected chi connectivity index (χ4v) is 2.44. The van der Waals surface area contributed by atoms with Crippen LogP contribution in [-0.4, -0.2) is 49.5 Å². The van der Waals surface area contributed by atoms with Crippen LogP contribution in [0.5, 0.6) is 0 Å². The van der Waals surface area contributed by atoms with E-state index in [4.69, 9.17) is 0 Å². The van der Waals surface area contributed by atoms with Gasteiger partial charge in [0.1, 0.15) is 6.54 Å². The molecule has 0 aromatic carbocycles. The van der Waals surface area contributed by atoms with E-state index < -0.39 is 0 Å². The second-order valence-electron chi connectivity index (χ2n) is 6.10. The normalized spacial score (nSPS) is 15.6. The number of nitrogens with zero attached hydrogens (tertiary/aromatic N) is 2. The summed E-state index contributed by atoms with van der Waals surface area (Å²) in [6.45, 7) is 10.3. The minimum atomic E-state index is 0.143. The van der Waals surface area contributed by atoms with Gasteiger partial charge in [-0.15, -0.1) is 0 Å². The van der Waals surface area contributed by atoms with Crippen molar-refractivity contribution in [3.8, 4) is 0 Å². The SMILES string of the molecule is CCNC(=NCC(=O)N1CCCC1)NCCCCC(C)C. The predicted octanol–water partition coefficient (Wildman–Crippen LogP) is 1.99. The molecule has 1 heterocycles. The molecule has 0 radical (unpaired) electrons. The molecule has 0 spiro atoms. The Balaban J connectivity index is 2.26. The lowest BCUT2D eigenvalue weighted by molar-refractivity contribution is -0.128. The van der Waals surface area contributed by atoms with Crippen molar-refractivity contribution in [1.29, 1.82) is 0 Å². The van der Waals surface area contributed by atoms with Gasteiger partial charge in [0.15, 0.2) is 5.96 Å². The number of amides is 1. The maximum absolute atomic E-state index is 12.0. The highest BCUT2D eigenvalue weighted by atomic mass is 16.2. The second kappa shape index (κ2) is 10.5. The first-order valence-corrected chi connectivity index (χ1v) is 8.43. The molecule has 1 saturated heterocycles. The van der Waals surface area contributed by atoms with Crippen LogP contribution in [0.3, 0.4) is 0 Å². The van der Waals surface area contributed by atoms with E-state index in [9.17, 15) is 4.79 Å². The monoisotopic (exact) mass is 296 g/mol. The molecule has 5 heteroatoms. The molecule has 0 atom stereocenters. The van der Waals surface area contributed by atoms with Crippen LogP contribution in [0.4, 0.5) is 0 Å². The molecule has 1 aliphatic rings. The van der Waals surface area contributed by atoms with E-state index in [0.29, 0.717) is 0 Å². The van der Waals surface area contributed by atoms with E-state index in [1.165, 1.54) is 12.8 Å². The van der Waals surface area contributed by atoms with Gasteiger partial charge in [-0.3, -0.25) is 4.79 Å². The molecule has 1 amide bonds. The van der Waals surface area contributed by atoms with Gasteiger partial charge in [-0.2, -0.15) is 0 Å². The van der Waals surface area contributed by atoms with Crippen molar-refractivity contribution in [2.75, 3.05) is 32.7 Å². The minimum Gasteiger partial charge on any atom is -0.357 e. The second-order valence-corrected chi connectivity index (χ2v) is 6.10. The lowest BCUT2D eigenvalue weighted by Gasteiger charge is -2.15. The molecule has 122 valence electrons. The summed E-state index contributed by atoms with van der Waals surface area (Å²) < 4.78 is 0. The third kappa shape index (κ3) is 7.93. The Morgan fingerprint density at radius 1 is 1.19 bits per heavy atom. The Morgan fingerprint density at radius 3 is 2.52 bits per heavy atom. The van der Waals surface area contributed by atoms with Crippen molar-refractivity contribution in [1.82, 2.24) is 15.5 Å². The van der Waals surface area contributed by atoms with Gasteiger partial charge >= 0.3 is 0 Å². The maximum atomic E-state index is 12.0. The van der Waals surface area contributed by atoms with Crippen molar-refractivity contribution in [3.05, 3.63) is 0 Å². The zero-order chi connectivity index (χ0) is 15.5. The number of hydrogen-bond donors (Lipinski definition) is 2. The zero-order valence-corrected chi connectivity index (χ0v) is 14.0. The lowest BCUT2D eigenvalue weighted by atomic mass is 10.1. The summed E-state index contributed by atoms with van der Waals surface area (Å²) in [5.74, 6) is 1.67. The summed E-state index contributed by atoms with van der Waals surface area (Å²) in [4.78, 5) is 18.3. The number of nitrogens with one attached hydrogen (secondary N) is 2.